The zero-order chi connectivity index (χ0) is 48.9. The minimum Gasteiger partial charge on any atom is -0.489 e. The number of hydrogen-bond donors (Lipinski definition) is 0. The van der Waals surface area contributed by atoms with Crippen LogP contribution in [0.3, 0.4) is 0 Å². The van der Waals surface area contributed by atoms with Crippen LogP contribution in [0, 0.1) is 10.8 Å². The fourth-order valence-electron chi connectivity index (χ4n) is 7.09. The van der Waals surface area contributed by atoms with Crippen LogP contribution in [0.1, 0.15) is 69.2 Å². The maximum atomic E-state index is 12.3. The minimum atomic E-state index is -0.701. The Kier molecular flexibility index (Phi) is 14.9. The van der Waals surface area contributed by atoms with Gasteiger partial charge in [0.05, 0.1) is 76.6 Å². The van der Waals surface area contributed by atoms with E-state index in [4.69, 9.17) is 51.2 Å². The van der Waals surface area contributed by atoms with Gasteiger partial charge in [-0.15, -0.1) is 0 Å². The maximum absolute atomic E-state index is 12.3. The Bertz CT molecular complexity index is 2950. The number of esters is 2. The largest absolute Gasteiger partial charge is 0.489 e. The molecule has 16 nitrogen and oxygen atoms in total. The molecular weight excluding hydrogens is 912 g/mol. The van der Waals surface area contributed by atoms with Crippen LogP contribution in [0.25, 0.3) is 67.5 Å². The third-order valence-electron chi connectivity index (χ3n) is 10.4. The standard InChI is InChI=1S/2C25H27ClN4O4/c1-6-32-24(31)25(4,5)14-30-13-18-11-16(7-9-20(18)28-30)22-27-23(34-29-22)17-8-10-21(19(26)12-17)33-15(2)3;1-6-32-24(31)25(4,5)14-30-20-9-7-16(11-18(20)13-27-30)22-28-23(34-29-22)17-8-10-21(19(26)12-17)33-15(2)3/h2*7-13,15H,6,14H2,1-5H3. The number of ether oxygens (including phenoxy) is 4. The van der Waals surface area contributed by atoms with E-state index in [9.17, 15) is 9.59 Å². The van der Waals surface area contributed by atoms with E-state index < -0.39 is 10.8 Å². The number of rotatable bonds is 16. The molecule has 18 heteroatoms. The van der Waals surface area contributed by atoms with Gasteiger partial charge in [-0.2, -0.15) is 20.2 Å². The quantitative estimate of drug-likeness (QED) is 0.0833. The summed E-state index contributed by atoms with van der Waals surface area (Å²) in [7, 11) is 0. The molecule has 4 aromatic heterocycles. The van der Waals surface area contributed by atoms with Gasteiger partial charge in [-0.1, -0.05) is 33.5 Å². The van der Waals surface area contributed by atoms with E-state index in [0.717, 1.165) is 32.9 Å². The molecule has 0 saturated heterocycles. The van der Waals surface area contributed by atoms with Gasteiger partial charge in [0.15, 0.2) is 0 Å². The third kappa shape index (κ3) is 11.5. The lowest BCUT2D eigenvalue weighted by Gasteiger charge is -2.22. The smallest absolute Gasteiger partial charge is 0.313 e. The molecule has 0 fully saturated rings. The highest BCUT2D eigenvalue weighted by atomic mass is 35.5. The SMILES string of the molecule is CCOC(=O)C(C)(C)Cn1cc2cc(-c3noc(-c4ccc(OC(C)C)c(Cl)c4)n3)ccc2n1.CCOC(=O)C(C)(C)Cn1ncc2cc(-c3noc(-c4ccc(OC(C)C)c(Cl)c4)n3)ccc21. The monoisotopic (exact) mass is 964 g/mol. The zero-order valence-electron chi connectivity index (χ0n) is 39.7. The van der Waals surface area contributed by atoms with Crippen molar-refractivity contribution in [2.45, 2.75) is 94.5 Å². The van der Waals surface area contributed by atoms with Gasteiger partial charge < -0.3 is 28.0 Å². The average molecular weight is 966 g/mol. The molecule has 4 heterocycles. The summed E-state index contributed by atoms with van der Waals surface area (Å²) in [6.07, 6.45) is 3.70. The highest BCUT2D eigenvalue weighted by molar-refractivity contribution is 6.32. The van der Waals surface area contributed by atoms with Gasteiger partial charge >= 0.3 is 11.9 Å². The lowest BCUT2D eigenvalue weighted by atomic mass is 9.94. The van der Waals surface area contributed by atoms with Crippen LogP contribution in [0.5, 0.6) is 11.5 Å². The number of nitrogens with zero attached hydrogens (tertiary/aromatic N) is 8. The van der Waals surface area contributed by atoms with Gasteiger partial charge in [0.2, 0.25) is 11.6 Å². The molecule has 0 saturated carbocycles. The van der Waals surface area contributed by atoms with Crippen LogP contribution >= 0.6 is 23.2 Å². The van der Waals surface area contributed by atoms with Crippen molar-refractivity contribution in [1.82, 2.24) is 39.8 Å². The Morgan fingerprint density at radius 3 is 1.63 bits per heavy atom. The van der Waals surface area contributed by atoms with E-state index in [1.54, 1.807) is 53.7 Å². The molecule has 0 bridgehead atoms. The first-order chi connectivity index (χ1) is 32.3. The van der Waals surface area contributed by atoms with Gasteiger partial charge in [0, 0.05) is 39.2 Å². The van der Waals surface area contributed by atoms with Gasteiger partial charge in [0.1, 0.15) is 11.5 Å². The predicted octanol–water partition coefficient (Wildman–Crippen LogP) is 11.6. The average Bonchev–Trinajstić information content (AvgIpc) is 4.12. The Hall–Kier alpha value is -6.78. The summed E-state index contributed by atoms with van der Waals surface area (Å²) >= 11 is 12.7. The number of hydrogen-bond acceptors (Lipinski definition) is 14. The summed E-state index contributed by atoms with van der Waals surface area (Å²) in [5.41, 5.74) is 3.30. The fraction of sp³-hybridized carbons (Fsp3) is 0.360. The van der Waals surface area contributed by atoms with E-state index in [2.05, 4.69) is 30.5 Å². The molecule has 0 unspecified atom stereocenters. The summed E-state index contributed by atoms with van der Waals surface area (Å²) in [6, 6.07) is 22.2. The molecule has 8 aromatic rings. The van der Waals surface area contributed by atoms with Crippen molar-refractivity contribution in [3.63, 3.8) is 0 Å². The van der Waals surface area contributed by atoms with Gasteiger partial charge in [0.25, 0.3) is 11.8 Å². The van der Waals surface area contributed by atoms with Crippen molar-refractivity contribution in [3.05, 3.63) is 95.2 Å². The molecule has 68 heavy (non-hydrogen) atoms. The van der Waals surface area contributed by atoms with Crippen LogP contribution in [-0.2, 0) is 32.2 Å². The maximum Gasteiger partial charge on any atom is 0.313 e. The molecule has 8 rings (SSSR count). The van der Waals surface area contributed by atoms with E-state index in [-0.39, 0.29) is 24.1 Å². The lowest BCUT2D eigenvalue weighted by Crippen LogP contribution is -2.31. The van der Waals surface area contributed by atoms with Crippen molar-refractivity contribution in [2.24, 2.45) is 10.8 Å². The molecule has 0 N–H and O–H groups in total. The minimum absolute atomic E-state index is 0.0221. The Morgan fingerprint density at radius 2 is 1.13 bits per heavy atom. The van der Waals surface area contributed by atoms with Crippen molar-refractivity contribution in [1.29, 1.82) is 0 Å². The molecule has 0 aliphatic rings. The van der Waals surface area contributed by atoms with Gasteiger partial charge in [-0.3, -0.25) is 19.0 Å². The Morgan fingerprint density at radius 1 is 0.647 bits per heavy atom. The van der Waals surface area contributed by atoms with Crippen LogP contribution < -0.4 is 9.47 Å². The fourth-order valence-corrected chi connectivity index (χ4v) is 7.54. The molecule has 0 spiro atoms. The second kappa shape index (κ2) is 20.6. The number of carbonyl (C=O) groups is 2. The van der Waals surface area contributed by atoms with E-state index in [1.165, 1.54) is 0 Å². The third-order valence-corrected chi connectivity index (χ3v) is 11.0. The first-order valence-electron chi connectivity index (χ1n) is 22.2. The summed E-state index contributed by atoms with van der Waals surface area (Å²) in [4.78, 5) is 33.6. The second-order valence-corrected chi connectivity index (χ2v) is 18.7. The van der Waals surface area contributed by atoms with Crippen LogP contribution in [0.15, 0.2) is 94.2 Å². The first-order valence-corrected chi connectivity index (χ1v) is 23.0. The second-order valence-electron chi connectivity index (χ2n) is 17.9. The van der Waals surface area contributed by atoms with Gasteiger partial charge in [-0.25, -0.2) is 0 Å². The highest BCUT2D eigenvalue weighted by Gasteiger charge is 2.32. The lowest BCUT2D eigenvalue weighted by molar-refractivity contribution is -0.155. The van der Waals surface area contributed by atoms with Gasteiger partial charge in [-0.05, 0) is 142 Å². The van der Waals surface area contributed by atoms with Crippen molar-refractivity contribution < 1.29 is 37.6 Å². The summed E-state index contributed by atoms with van der Waals surface area (Å²) in [6.45, 7) is 20.2. The number of benzene rings is 4. The molecule has 0 aliphatic carbocycles. The molecule has 0 radical (unpaired) electrons. The predicted molar refractivity (Wildman–Crippen MR) is 259 cm³/mol. The topological polar surface area (TPSA) is 185 Å². The summed E-state index contributed by atoms with van der Waals surface area (Å²) < 4.78 is 36.2. The number of fused-ring (bicyclic) bond motifs is 2. The number of halogens is 2. The zero-order valence-corrected chi connectivity index (χ0v) is 41.2. The van der Waals surface area contributed by atoms with E-state index in [0.29, 0.717) is 82.4 Å². The number of aromatic nitrogens is 8. The molecule has 4 aromatic carbocycles. The Balaban J connectivity index is 0.000000201. The first kappa shape index (κ1) is 49.1. The summed E-state index contributed by atoms with van der Waals surface area (Å²) in [5.74, 6) is 2.34. The van der Waals surface area contributed by atoms with Crippen LogP contribution in [0.4, 0.5) is 0 Å². The Labute approximate surface area is 403 Å². The number of carbonyl (C=O) groups excluding carboxylic acids is 2. The van der Waals surface area contributed by atoms with Crippen molar-refractivity contribution in [3.8, 4) is 57.2 Å². The molecule has 356 valence electrons. The van der Waals surface area contributed by atoms with Crippen molar-refractivity contribution >= 4 is 56.9 Å². The van der Waals surface area contributed by atoms with Crippen LogP contribution in [-0.4, -0.2) is 77.2 Å². The molecule has 0 aliphatic heterocycles. The van der Waals surface area contributed by atoms with Crippen molar-refractivity contribution in [2.75, 3.05) is 13.2 Å². The highest BCUT2D eigenvalue weighted by Crippen LogP contribution is 2.34. The molecule has 0 amide bonds. The van der Waals surface area contributed by atoms with E-state index >= 15 is 0 Å². The normalized spacial score (nSPS) is 11.9. The van der Waals surface area contributed by atoms with Crippen LogP contribution in [0.2, 0.25) is 10.0 Å². The summed E-state index contributed by atoms with van der Waals surface area (Å²) in [5, 5.41) is 20.1. The molecule has 0 atom stereocenters. The van der Waals surface area contributed by atoms with E-state index in [1.807, 2.05) is 110 Å². The molecular formula is C50H54Cl2N8O8.